The molecule has 0 aliphatic heterocycles. The number of nitrogens with zero attached hydrogens (tertiary/aromatic N) is 3. The number of aromatic nitrogens is 3. The van der Waals surface area contributed by atoms with E-state index in [0.717, 1.165) is 22.2 Å². The fourth-order valence-corrected chi connectivity index (χ4v) is 3.02. The van der Waals surface area contributed by atoms with Crippen molar-refractivity contribution in [2.75, 3.05) is 0 Å². The molecule has 3 heterocycles. The molecule has 0 atom stereocenters. The highest BCUT2D eigenvalue weighted by atomic mass is 32.1. The van der Waals surface area contributed by atoms with Crippen molar-refractivity contribution in [1.29, 1.82) is 0 Å². The molecule has 0 saturated carbocycles. The molecule has 4 rings (SSSR count). The standard InChI is InChI=1S/C15H10N3S/c1-5-13(15-14(7-1)19-10-17-15)18-9-3-4-11-12(18)6-2-8-16-11/h1-10H/q+1. The molecule has 0 saturated heterocycles. The molecule has 0 fully saturated rings. The summed E-state index contributed by atoms with van der Waals surface area (Å²) in [5, 5.41) is 0. The quantitative estimate of drug-likeness (QED) is 0.494. The second-order valence-electron chi connectivity index (χ2n) is 4.26. The first-order chi connectivity index (χ1) is 9.43. The molecule has 0 aliphatic carbocycles. The van der Waals surface area contributed by atoms with Crippen molar-refractivity contribution in [2.24, 2.45) is 0 Å². The summed E-state index contributed by atoms with van der Waals surface area (Å²) in [4.78, 5) is 8.88. The Morgan fingerprint density at radius 1 is 0.947 bits per heavy atom. The van der Waals surface area contributed by atoms with Gasteiger partial charge in [-0.05, 0) is 18.2 Å². The second kappa shape index (κ2) is 4.10. The van der Waals surface area contributed by atoms with Crippen molar-refractivity contribution in [2.45, 2.75) is 0 Å². The van der Waals surface area contributed by atoms with Crippen LogP contribution >= 0.6 is 11.3 Å². The van der Waals surface area contributed by atoms with E-state index >= 15 is 0 Å². The third kappa shape index (κ3) is 1.61. The molecule has 1 aromatic carbocycles. The van der Waals surface area contributed by atoms with Gasteiger partial charge in [0.1, 0.15) is 5.52 Å². The zero-order chi connectivity index (χ0) is 12.7. The van der Waals surface area contributed by atoms with Gasteiger partial charge in [0.05, 0.1) is 10.2 Å². The van der Waals surface area contributed by atoms with Crippen LogP contribution in [0.25, 0.3) is 26.9 Å². The Morgan fingerprint density at radius 2 is 1.95 bits per heavy atom. The molecule has 4 heteroatoms. The van der Waals surface area contributed by atoms with Crippen LogP contribution in [0, 0.1) is 0 Å². The van der Waals surface area contributed by atoms with Gasteiger partial charge in [-0.2, -0.15) is 4.57 Å². The molecule has 0 radical (unpaired) electrons. The fourth-order valence-electron chi connectivity index (χ4n) is 2.32. The Bertz CT molecular complexity index is 877. The third-order valence-electron chi connectivity index (χ3n) is 3.16. The van der Waals surface area contributed by atoms with Crippen molar-refractivity contribution in [3.8, 4) is 5.69 Å². The van der Waals surface area contributed by atoms with E-state index in [0.29, 0.717) is 0 Å². The Morgan fingerprint density at radius 3 is 2.95 bits per heavy atom. The maximum absolute atomic E-state index is 4.48. The molecule has 3 aromatic heterocycles. The molecule has 4 aromatic rings. The SMILES string of the molecule is c1cc(-[n+]2cccc3ncccc32)c2ncsc2c1. The van der Waals surface area contributed by atoms with Gasteiger partial charge in [-0.3, -0.25) is 0 Å². The lowest BCUT2D eigenvalue weighted by Gasteiger charge is -2.00. The van der Waals surface area contributed by atoms with E-state index < -0.39 is 0 Å². The number of rotatable bonds is 1. The van der Waals surface area contributed by atoms with Crippen LogP contribution in [-0.4, -0.2) is 9.97 Å². The second-order valence-corrected chi connectivity index (χ2v) is 5.15. The van der Waals surface area contributed by atoms with Crippen LogP contribution in [-0.2, 0) is 0 Å². The molecule has 19 heavy (non-hydrogen) atoms. The van der Waals surface area contributed by atoms with E-state index in [-0.39, 0.29) is 0 Å². The first kappa shape index (κ1) is 10.6. The minimum Gasteiger partial charge on any atom is -0.250 e. The van der Waals surface area contributed by atoms with E-state index in [9.17, 15) is 0 Å². The summed E-state index contributed by atoms with van der Waals surface area (Å²) in [6.45, 7) is 0. The van der Waals surface area contributed by atoms with E-state index in [4.69, 9.17) is 0 Å². The van der Waals surface area contributed by atoms with Gasteiger partial charge in [0.2, 0.25) is 11.2 Å². The highest BCUT2D eigenvalue weighted by Crippen LogP contribution is 2.22. The summed E-state index contributed by atoms with van der Waals surface area (Å²) in [7, 11) is 0. The van der Waals surface area contributed by atoms with Crippen molar-refractivity contribution >= 4 is 32.6 Å². The zero-order valence-electron chi connectivity index (χ0n) is 10.0. The first-order valence-electron chi connectivity index (χ1n) is 6.01. The number of fused-ring (bicyclic) bond motifs is 2. The highest BCUT2D eigenvalue weighted by molar-refractivity contribution is 7.16. The number of benzene rings is 1. The van der Waals surface area contributed by atoms with E-state index in [1.807, 2.05) is 29.9 Å². The van der Waals surface area contributed by atoms with Crippen molar-refractivity contribution < 1.29 is 4.57 Å². The third-order valence-corrected chi connectivity index (χ3v) is 3.96. The molecule has 3 nitrogen and oxygen atoms in total. The molecule has 0 bridgehead atoms. The summed E-state index contributed by atoms with van der Waals surface area (Å²) >= 11 is 1.66. The van der Waals surface area contributed by atoms with Gasteiger partial charge in [0.25, 0.3) is 0 Å². The van der Waals surface area contributed by atoms with E-state index in [1.165, 1.54) is 4.70 Å². The highest BCUT2D eigenvalue weighted by Gasteiger charge is 2.16. The number of thiazole rings is 1. The summed E-state index contributed by atoms with van der Waals surface area (Å²) < 4.78 is 3.34. The first-order valence-corrected chi connectivity index (χ1v) is 6.89. The minimum atomic E-state index is 0.984. The van der Waals surface area contributed by atoms with Crippen LogP contribution < -0.4 is 4.57 Å². The molecule has 0 amide bonds. The average molecular weight is 264 g/mol. The molecular weight excluding hydrogens is 254 g/mol. The average Bonchev–Trinajstić information content (AvgIpc) is 2.95. The monoisotopic (exact) mass is 264 g/mol. The van der Waals surface area contributed by atoms with E-state index in [1.54, 1.807) is 11.3 Å². The molecule has 90 valence electrons. The molecule has 0 spiro atoms. The largest absolute Gasteiger partial charge is 0.250 e. The van der Waals surface area contributed by atoms with Gasteiger partial charge in [-0.1, -0.05) is 6.07 Å². The van der Waals surface area contributed by atoms with Gasteiger partial charge < -0.3 is 0 Å². The smallest absolute Gasteiger partial charge is 0.238 e. The normalized spacial score (nSPS) is 11.2. The molecule has 0 aliphatic rings. The Balaban J connectivity index is 2.12. The Labute approximate surface area is 113 Å². The van der Waals surface area contributed by atoms with Gasteiger partial charge in [-0.25, -0.2) is 9.97 Å². The zero-order valence-corrected chi connectivity index (χ0v) is 10.8. The predicted molar refractivity (Wildman–Crippen MR) is 76.5 cm³/mol. The summed E-state index contributed by atoms with van der Waals surface area (Å²) in [5.41, 5.74) is 6.09. The molecule has 0 N–H and O–H groups in total. The Kier molecular flexibility index (Phi) is 2.28. The lowest BCUT2D eigenvalue weighted by atomic mass is 10.2. The van der Waals surface area contributed by atoms with Gasteiger partial charge >= 0.3 is 0 Å². The van der Waals surface area contributed by atoms with Gasteiger partial charge in [0.15, 0.2) is 11.7 Å². The van der Waals surface area contributed by atoms with Crippen LogP contribution in [0.3, 0.4) is 0 Å². The summed E-state index contributed by atoms with van der Waals surface area (Å²) in [6, 6.07) is 14.3. The van der Waals surface area contributed by atoms with Crippen LogP contribution in [0.1, 0.15) is 0 Å². The topological polar surface area (TPSA) is 29.7 Å². The maximum Gasteiger partial charge on any atom is 0.238 e. The lowest BCUT2D eigenvalue weighted by molar-refractivity contribution is -0.565. The number of hydrogen-bond donors (Lipinski definition) is 0. The lowest BCUT2D eigenvalue weighted by Crippen LogP contribution is -2.31. The van der Waals surface area contributed by atoms with Crippen LogP contribution in [0.4, 0.5) is 0 Å². The number of hydrogen-bond acceptors (Lipinski definition) is 3. The number of para-hydroxylation sites is 1. The van der Waals surface area contributed by atoms with Gasteiger partial charge in [0, 0.05) is 24.4 Å². The van der Waals surface area contributed by atoms with Crippen LogP contribution in [0.2, 0.25) is 0 Å². The van der Waals surface area contributed by atoms with Crippen molar-refractivity contribution in [3.05, 3.63) is 60.4 Å². The van der Waals surface area contributed by atoms with Crippen molar-refractivity contribution in [1.82, 2.24) is 9.97 Å². The predicted octanol–water partition coefficient (Wildman–Crippen LogP) is 3.12. The Hall–Kier alpha value is -2.33. The van der Waals surface area contributed by atoms with Crippen LogP contribution in [0.15, 0.2) is 60.4 Å². The van der Waals surface area contributed by atoms with Gasteiger partial charge in [-0.15, -0.1) is 11.3 Å². The maximum atomic E-state index is 4.48. The fraction of sp³-hybridized carbons (Fsp3) is 0. The van der Waals surface area contributed by atoms with Crippen molar-refractivity contribution in [3.63, 3.8) is 0 Å². The molecular formula is C15H10N3S+. The van der Waals surface area contributed by atoms with E-state index in [2.05, 4.69) is 45.0 Å². The molecule has 0 unspecified atom stereocenters. The minimum absolute atomic E-state index is 0.984. The van der Waals surface area contributed by atoms with Crippen LogP contribution in [0.5, 0.6) is 0 Å². The summed E-state index contributed by atoms with van der Waals surface area (Å²) in [6.07, 6.45) is 3.87. The number of pyridine rings is 2. The summed E-state index contributed by atoms with van der Waals surface area (Å²) in [5.74, 6) is 0.